The minimum absolute atomic E-state index is 0.194. The van der Waals surface area contributed by atoms with E-state index >= 15 is 0 Å². The summed E-state index contributed by atoms with van der Waals surface area (Å²) in [6.07, 6.45) is 5.27. The van der Waals surface area contributed by atoms with Crippen molar-refractivity contribution in [1.29, 1.82) is 0 Å². The fourth-order valence-electron chi connectivity index (χ4n) is 4.53. The van der Waals surface area contributed by atoms with Gasteiger partial charge in [-0.2, -0.15) is 0 Å². The summed E-state index contributed by atoms with van der Waals surface area (Å²) in [7, 11) is 0. The van der Waals surface area contributed by atoms with Crippen LogP contribution >= 0.6 is 0 Å². The Morgan fingerprint density at radius 1 is 1.13 bits per heavy atom. The first kappa shape index (κ1) is 29.0. The van der Waals surface area contributed by atoms with Crippen molar-refractivity contribution in [3.8, 4) is 0 Å². The van der Waals surface area contributed by atoms with E-state index in [9.17, 15) is 24.3 Å². The molecule has 1 saturated heterocycles. The van der Waals surface area contributed by atoms with E-state index in [0.717, 1.165) is 22.9 Å². The van der Waals surface area contributed by atoms with Crippen LogP contribution in [0.3, 0.4) is 0 Å². The Kier molecular flexibility index (Phi) is 10.2. The summed E-state index contributed by atoms with van der Waals surface area (Å²) >= 11 is 0. The number of carbonyl (C=O) groups excluding carboxylic acids is 3. The highest BCUT2D eigenvalue weighted by Crippen LogP contribution is 2.18. The average Bonchev–Trinajstić information content (AvgIpc) is 2.90. The molecule has 1 aliphatic heterocycles. The number of nitrogens with zero attached hydrogens (tertiary/aromatic N) is 2. The van der Waals surface area contributed by atoms with Crippen LogP contribution in [-0.4, -0.2) is 63.5 Å². The van der Waals surface area contributed by atoms with Crippen LogP contribution in [0, 0.1) is 5.92 Å². The van der Waals surface area contributed by atoms with Gasteiger partial charge in [0.15, 0.2) is 0 Å². The number of carboxylic acids is 1. The highest BCUT2D eigenvalue weighted by molar-refractivity contribution is 5.92. The molecule has 0 saturated carbocycles. The number of rotatable bonds is 11. The second-order valence-electron chi connectivity index (χ2n) is 10.2. The molecule has 3 unspecified atom stereocenters. The molecule has 2 heterocycles. The van der Waals surface area contributed by atoms with Crippen LogP contribution in [0.25, 0.3) is 10.8 Å². The molecular weight excluding hydrogens is 486 g/mol. The number of carbonyl (C=O) groups is 4. The number of aryl methyl sites for hydroxylation is 2. The first-order chi connectivity index (χ1) is 18.1. The van der Waals surface area contributed by atoms with Crippen LogP contribution in [-0.2, 0) is 32.0 Å². The second-order valence-corrected chi connectivity index (χ2v) is 10.2. The molecule has 1 fully saturated rings. The Balaban J connectivity index is 1.50. The lowest BCUT2D eigenvalue weighted by Crippen LogP contribution is -2.60. The summed E-state index contributed by atoms with van der Waals surface area (Å²) in [6.45, 7) is 7.67. The molecule has 1 aromatic carbocycles. The van der Waals surface area contributed by atoms with Crippen LogP contribution in [0.15, 0.2) is 30.5 Å². The molecule has 3 amide bonds. The Morgan fingerprint density at radius 2 is 1.89 bits per heavy atom. The second kappa shape index (κ2) is 13.3. The molecule has 1 aromatic heterocycles. The first-order valence-corrected chi connectivity index (χ1v) is 13.4. The average molecular weight is 526 g/mol. The number of benzene rings is 1. The molecule has 0 spiro atoms. The van der Waals surface area contributed by atoms with Crippen LogP contribution in [0.1, 0.15) is 64.6 Å². The lowest BCUT2D eigenvalue weighted by molar-refractivity contribution is -0.148. The molecule has 1 aliphatic rings. The summed E-state index contributed by atoms with van der Waals surface area (Å²) in [4.78, 5) is 54.1. The van der Waals surface area contributed by atoms with Crippen molar-refractivity contribution in [1.82, 2.24) is 26.1 Å². The Bertz CT molecular complexity index is 1170. The number of hydrazine groups is 1. The number of aromatic nitrogens is 1. The number of pyridine rings is 1. The molecule has 0 radical (unpaired) electrons. The van der Waals surface area contributed by atoms with Gasteiger partial charge < -0.3 is 15.7 Å². The van der Waals surface area contributed by atoms with E-state index in [1.54, 1.807) is 6.92 Å². The third kappa shape index (κ3) is 7.74. The van der Waals surface area contributed by atoms with Crippen molar-refractivity contribution in [2.24, 2.45) is 5.92 Å². The Hall–Kier alpha value is -3.53. The van der Waals surface area contributed by atoms with E-state index in [1.807, 2.05) is 20.0 Å². The smallest absolute Gasteiger partial charge is 0.322 e. The van der Waals surface area contributed by atoms with Crippen molar-refractivity contribution in [3.63, 3.8) is 0 Å². The van der Waals surface area contributed by atoms with Gasteiger partial charge in [0.25, 0.3) is 5.91 Å². The summed E-state index contributed by atoms with van der Waals surface area (Å²) < 4.78 is 0. The van der Waals surface area contributed by atoms with E-state index in [-0.39, 0.29) is 18.2 Å². The van der Waals surface area contributed by atoms with Crippen LogP contribution in [0.4, 0.5) is 0 Å². The minimum Gasteiger partial charge on any atom is -0.480 e. The zero-order valence-corrected chi connectivity index (χ0v) is 22.6. The van der Waals surface area contributed by atoms with Gasteiger partial charge in [-0.1, -0.05) is 39.0 Å². The molecule has 4 N–H and O–H groups in total. The maximum absolute atomic E-state index is 12.9. The standard InChI is InChI=1S/C28H39N5O5/c1-5-19-11-12-20-16-29-22(15-21(20)14-19)8-6-10-24(34)31-25(17(2)3)26(35)30-18(4)27(36)33-13-7-9-23(32-33)28(37)38/h11-12,14-18,23,25,32H,5-10,13H2,1-4H3,(H,30,35)(H,31,34)(H,37,38). The lowest BCUT2D eigenvalue weighted by atomic mass is 10.0. The largest absolute Gasteiger partial charge is 0.480 e. The highest BCUT2D eigenvalue weighted by Gasteiger charge is 2.32. The summed E-state index contributed by atoms with van der Waals surface area (Å²) in [5, 5.41) is 18.2. The molecule has 2 aromatic rings. The number of hydrogen-bond acceptors (Lipinski definition) is 6. The molecule has 10 heteroatoms. The zero-order valence-electron chi connectivity index (χ0n) is 22.6. The topological polar surface area (TPSA) is 141 Å². The molecule has 10 nitrogen and oxygen atoms in total. The third-order valence-electron chi connectivity index (χ3n) is 6.83. The predicted octanol–water partition coefficient (Wildman–Crippen LogP) is 2.35. The molecular formula is C28H39N5O5. The molecule has 3 rings (SSSR count). The fraction of sp³-hybridized carbons (Fsp3) is 0.536. The molecule has 206 valence electrons. The van der Waals surface area contributed by atoms with Crippen LogP contribution in [0.5, 0.6) is 0 Å². The molecule has 38 heavy (non-hydrogen) atoms. The van der Waals surface area contributed by atoms with Gasteiger partial charge in [0.1, 0.15) is 18.1 Å². The van der Waals surface area contributed by atoms with Gasteiger partial charge in [-0.05, 0) is 62.0 Å². The zero-order chi connectivity index (χ0) is 27.8. The van der Waals surface area contributed by atoms with Gasteiger partial charge in [0, 0.05) is 30.2 Å². The van der Waals surface area contributed by atoms with Crippen molar-refractivity contribution < 1.29 is 24.3 Å². The van der Waals surface area contributed by atoms with Gasteiger partial charge >= 0.3 is 5.97 Å². The Morgan fingerprint density at radius 3 is 2.58 bits per heavy atom. The summed E-state index contributed by atoms with van der Waals surface area (Å²) in [5.41, 5.74) is 4.88. The monoisotopic (exact) mass is 525 g/mol. The van der Waals surface area contributed by atoms with Gasteiger partial charge in [0.05, 0.1) is 0 Å². The van der Waals surface area contributed by atoms with Gasteiger partial charge in [0.2, 0.25) is 11.8 Å². The molecule has 3 atom stereocenters. The van der Waals surface area contributed by atoms with Crippen LogP contribution < -0.4 is 16.1 Å². The number of nitrogens with one attached hydrogen (secondary N) is 3. The Labute approximate surface area is 223 Å². The number of amides is 3. The summed E-state index contributed by atoms with van der Waals surface area (Å²) in [6, 6.07) is 5.88. The van der Waals surface area contributed by atoms with Gasteiger partial charge in [-0.25, -0.2) is 5.43 Å². The van der Waals surface area contributed by atoms with E-state index < -0.39 is 35.9 Å². The first-order valence-electron chi connectivity index (χ1n) is 13.4. The number of fused-ring (bicyclic) bond motifs is 1. The van der Waals surface area contributed by atoms with E-state index in [1.165, 1.54) is 10.6 Å². The maximum Gasteiger partial charge on any atom is 0.322 e. The minimum atomic E-state index is -1.02. The van der Waals surface area contributed by atoms with E-state index in [0.29, 0.717) is 32.2 Å². The number of aliphatic carboxylic acids is 1. The van der Waals surface area contributed by atoms with E-state index in [2.05, 4.69) is 52.2 Å². The fourth-order valence-corrected chi connectivity index (χ4v) is 4.53. The van der Waals surface area contributed by atoms with Crippen molar-refractivity contribution >= 4 is 34.5 Å². The maximum atomic E-state index is 12.9. The van der Waals surface area contributed by atoms with Crippen molar-refractivity contribution in [3.05, 3.63) is 41.7 Å². The molecule has 0 aliphatic carbocycles. The third-order valence-corrected chi connectivity index (χ3v) is 6.83. The van der Waals surface area contributed by atoms with Crippen LogP contribution in [0.2, 0.25) is 0 Å². The van der Waals surface area contributed by atoms with Gasteiger partial charge in [-0.3, -0.25) is 29.2 Å². The highest BCUT2D eigenvalue weighted by atomic mass is 16.4. The SMILES string of the molecule is CCc1ccc2cnc(CCCC(=O)NC(C(=O)NC(C)C(=O)N3CCCC(C(=O)O)N3)C(C)C)cc2c1. The molecule has 0 bridgehead atoms. The van der Waals surface area contributed by atoms with Gasteiger partial charge in [-0.15, -0.1) is 0 Å². The van der Waals surface area contributed by atoms with Crippen molar-refractivity contribution in [2.45, 2.75) is 84.3 Å². The van der Waals surface area contributed by atoms with Crippen molar-refractivity contribution in [2.75, 3.05) is 6.54 Å². The van der Waals surface area contributed by atoms with E-state index in [4.69, 9.17) is 0 Å². The summed E-state index contributed by atoms with van der Waals surface area (Å²) in [5.74, 6) is -2.34. The quantitative estimate of drug-likeness (QED) is 0.353. The lowest BCUT2D eigenvalue weighted by Gasteiger charge is -2.34. The number of hydrogen-bond donors (Lipinski definition) is 4. The number of carboxylic acid groups (broad SMARTS) is 1. The predicted molar refractivity (Wildman–Crippen MR) is 144 cm³/mol. The normalized spacial score (nSPS) is 17.2.